The molecule has 0 N–H and O–H groups in total. The second kappa shape index (κ2) is 7.38. The third-order valence-corrected chi connectivity index (χ3v) is 1.18. The van der Waals surface area contributed by atoms with E-state index >= 15 is 0 Å². The van der Waals surface area contributed by atoms with Crippen LogP contribution in [0.15, 0.2) is 0 Å². The Kier molecular flexibility index (Phi) is 8.65. The van der Waals surface area contributed by atoms with Crippen molar-refractivity contribution in [2.75, 3.05) is 27.7 Å². The molecule has 0 rings (SSSR count). The molecule has 0 aromatic rings. The third kappa shape index (κ3) is 5.70. The number of rotatable bonds is 1. The molecule has 11 heavy (non-hydrogen) atoms. The number of nitrogens with zero attached hydrogens (tertiary/aromatic N) is 2. The highest BCUT2D eigenvalue weighted by molar-refractivity contribution is 5.73. The molecule has 3 heteroatoms. The topological polar surface area (TPSA) is 23.6 Å². The molecule has 3 nitrogen and oxygen atoms in total. The largest absolute Gasteiger partial charge is 0.331 e. The first-order valence-corrected chi connectivity index (χ1v) is 4.02. The van der Waals surface area contributed by atoms with Crippen molar-refractivity contribution in [3.8, 4) is 0 Å². The van der Waals surface area contributed by atoms with Crippen LogP contribution in [0, 0.1) is 0 Å². The lowest BCUT2D eigenvalue weighted by molar-refractivity contribution is 0.184. The van der Waals surface area contributed by atoms with Crippen LogP contribution >= 0.6 is 0 Å². The fourth-order valence-corrected chi connectivity index (χ4v) is 0.477. The Morgan fingerprint density at radius 2 is 1.55 bits per heavy atom. The highest BCUT2D eigenvalue weighted by atomic mass is 16.2. The zero-order valence-electron chi connectivity index (χ0n) is 8.51. The summed E-state index contributed by atoms with van der Waals surface area (Å²) >= 11 is 0. The summed E-state index contributed by atoms with van der Waals surface area (Å²) in [6.07, 6.45) is 0. The van der Waals surface area contributed by atoms with Crippen molar-refractivity contribution in [3.05, 3.63) is 0 Å². The van der Waals surface area contributed by atoms with E-state index in [9.17, 15) is 4.79 Å². The van der Waals surface area contributed by atoms with E-state index in [-0.39, 0.29) is 6.03 Å². The summed E-state index contributed by atoms with van der Waals surface area (Å²) in [4.78, 5) is 14.1. The first-order chi connectivity index (χ1) is 5.09. The standard InChI is InChI=1S/C6H14N2O.C2H6/c1-5-8(4)6(9)7(2)3;1-2/h5H2,1-4H3;1-2H3. The summed E-state index contributed by atoms with van der Waals surface area (Å²) in [5.41, 5.74) is 0. The highest BCUT2D eigenvalue weighted by Crippen LogP contribution is 1.87. The summed E-state index contributed by atoms with van der Waals surface area (Å²) in [5.74, 6) is 0. The second-order valence-electron chi connectivity index (χ2n) is 2.19. The van der Waals surface area contributed by atoms with E-state index in [4.69, 9.17) is 0 Å². The molecule has 0 heterocycles. The Balaban J connectivity index is 0. The first kappa shape index (κ1) is 12.9. The molecule has 0 fully saturated rings. The Bertz CT molecular complexity index is 102. The lowest BCUT2D eigenvalue weighted by Crippen LogP contribution is -2.35. The van der Waals surface area contributed by atoms with Crippen molar-refractivity contribution in [1.29, 1.82) is 0 Å². The predicted molar refractivity (Wildman–Crippen MR) is 48.7 cm³/mol. The van der Waals surface area contributed by atoms with Crippen molar-refractivity contribution < 1.29 is 4.79 Å². The average Bonchev–Trinajstić information content (AvgIpc) is 2.05. The molecule has 0 saturated carbocycles. The summed E-state index contributed by atoms with van der Waals surface area (Å²) in [5, 5.41) is 0. The number of hydrogen-bond acceptors (Lipinski definition) is 1. The van der Waals surface area contributed by atoms with Crippen molar-refractivity contribution in [3.63, 3.8) is 0 Å². The van der Waals surface area contributed by atoms with E-state index in [2.05, 4.69) is 0 Å². The maximum absolute atomic E-state index is 10.9. The van der Waals surface area contributed by atoms with Crippen LogP contribution in [0.25, 0.3) is 0 Å². The minimum Gasteiger partial charge on any atom is -0.331 e. The lowest BCUT2D eigenvalue weighted by atomic mass is 10.6. The van der Waals surface area contributed by atoms with Gasteiger partial charge in [0.25, 0.3) is 0 Å². The molecule has 68 valence electrons. The van der Waals surface area contributed by atoms with E-state index in [0.717, 1.165) is 6.54 Å². The van der Waals surface area contributed by atoms with Crippen LogP contribution in [0.3, 0.4) is 0 Å². The van der Waals surface area contributed by atoms with Gasteiger partial charge in [-0.1, -0.05) is 13.8 Å². The van der Waals surface area contributed by atoms with Crippen LogP contribution in [-0.4, -0.2) is 43.5 Å². The van der Waals surface area contributed by atoms with E-state index in [1.165, 1.54) is 0 Å². The number of carbonyl (C=O) groups is 1. The van der Waals surface area contributed by atoms with Crippen LogP contribution in [-0.2, 0) is 0 Å². The van der Waals surface area contributed by atoms with Crippen molar-refractivity contribution in [2.24, 2.45) is 0 Å². The molecule has 0 saturated heterocycles. The number of amides is 2. The summed E-state index contributed by atoms with van der Waals surface area (Å²) < 4.78 is 0. The predicted octanol–water partition coefficient (Wildman–Crippen LogP) is 1.65. The van der Waals surface area contributed by atoms with Gasteiger partial charge in [-0.05, 0) is 6.92 Å². The molecule has 0 bridgehead atoms. The molecule has 0 aliphatic carbocycles. The Morgan fingerprint density at radius 3 is 1.64 bits per heavy atom. The van der Waals surface area contributed by atoms with E-state index < -0.39 is 0 Å². The van der Waals surface area contributed by atoms with Gasteiger partial charge in [0.05, 0.1) is 0 Å². The monoisotopic (exact) mass is 160 g/mol. The van der Waals surface area contributed by atoms with Gasteiger partial charge >= 0.3 is 6.03 Å². The van der Waals surface area contributed by atoms with Crippen LogP contribution < -0.4 is 0 Å². The molecular weight excluding hydrogens is 140 g/mol. The summed E-state index contributed by atoms with van der Waals surface area (Å²) in [6, 6.07) is 0.0532. The van der Waals surface area contributed by atoms with Gasteiger partial charge in [-0.25, -0.2) is 4.79 Å². The van der Waals surface area contributed by atoms with Gasteiger partial charge in [0, 0.05) is 27.7 Å². The van der Waals surface area contributed by atoms with Crippen LogP contribution in [0.1, 0.15) is 20.8 Å². The van der Waals surface area contributed by atoms with Crippen molar-refractivity contribution >= 4 is 6.03 Å². The Hall–Kier alpha value is -0.730. The van der Waals surface area contributed by atoms with Crippen LogP contribution in [0.4, 0.5) is 4.79 Å². The second-order valence-corrected chi connectivity index (χ2v) is 2.19. The summed E-state index contributed by atoms with van der Waals surface area (Å²) in [7, 11) is 5.27. The number of urea groups is 1. The number of carbonyl (C=O) groups excluding carboxylic acids is 1. The molecule has 0 unspecified atom stereocenters. The van der Waals surface area contributed by atoms with E-state index in [0.29, 0.717) is 0 Å². The van der Waals surface area contributed by atoms with Gasteiger partial charge in [0.2, 0.25) is 0 Å². The summed E-state index contributed by atoms with van der Waals surface area (Å²) in [6.45, 7) is 6.71. The SMILES string of the molecule is CC.CCN(C)C(=O)N(C)C. The molecule has 0 aliphatic heterocycles. The maximum Gasteiger partial charge on any atom is 0.319 e. The van der Waals surface area contributed by atoms with Gasteiger partial charge in [0.15, 0.2) is 0 Å². The molecule has 0 spiro atoms. The zero-order valence-corrected chi connectivity index (χ0v) is 8.51. The molecule has 0 aliphatic rings. The molecule has 0 aromatic carbocycles. The van der Waals surface area contributed by atoms with Gasteiger partial charge in [-0.3, -0.25) is 0 Å². The normalized spacial score (nSPS) is 7.82. The first-order valence-electron chi connectivity index (χ1n) is 4.02. The highest BCUT2D eigenvalue weighted by Gasteiger charge is 2.06. The Labute approximate surface area is 70.0 Å². The van der Waals surface area contributed by atoms with E-state index in [1.807, 2.05) is 20.8 Å². The third-order valence-electron chi connectivity index (χ3n) is 1.18. The van der Waals surface area contributed by atoms with Gasteiger partial charge in [0.1, 0.15) is 0 Å². The smallest absolute Gasteiger partial charge is 0.319 e. The molecule has 0 radical (unpaired) electrons. The fraction of sp³-hybridized carbons (Fsp3) is 0.875. The molecule has 2 amide bonds. The lowest BCUT2D eigenvalue weighted by Gasteiger charge is -2.19. The average molecular weight is 160 g/mol. The maximum atomic E-state index is 10.9. The quantitative estimate of drug-likeness (QED) is 0.572. The molecular formula is C8H20N2O. The zero-order chi connectivity index (χ0) is 9.44. The molecule has 0 aromatic heterocycles. The van der Waals surface area contributed by atoms with Crippen LogP contribution in [0.5, 0.6) is 0 Å². The van der Waals surface area contributed by atoms with Gasteiger partial charge < -0.3 is 9.80 Å². The van der Waals surface area contributed by atoms with E-state index in [1.54, 1.807) is 30.9 Å². The van der Waals surface area contributed by atoms with Gasteiger partial charge in [-0.15, -0.1) is 0 Å². The van der Waals surface area contributed by atoms with Crippen LogP contribution in [0.2, 0.25) is 0 Å². The van der Waals surface area contributed by atoms with Gasteiger partial charge in [-0.2, -0.15) is 0 Å². The van der Waals surface area contributed by atoms with Crippen molar-refractivity contribution in [2.45, 2.75) is 20.8 Å². The minimum atomic E-state index is 0.0532. The molecule has 0 atom stereocenters. The Morgan fingerprint density at radius 1 is 1.18 bits per heavy atom. The number of hydrogen-bond donors (Lipinski definition) is 0. The fourth-order valence-electron chi connectivity index (χ4n) is 0.477. The minimum absolute atomic E-state index is 0.0532. The van der Waals surface area contributed by atoms with Crippen molar-refractivity contribution in [1.82, 2.24) is 9.80 Å².